The molecule has 6 heteroatoms. The molecule has 0 saturated heterocycles. The molecular formula is C11H18N4O2. The lowest BCUT2D eigenvalue weighted by molar-refractivity contribution is -0.128. The van der Waals surface area contributed by atoms with Crippen molar-refractivity contribution in [1.29, 1.82) is 0 Å². The van der Waals surface area contributed by atoms with E-state index in [0.717, 1.165) is 0 Å². The molecule has 17 heavy (non-hydrogen) atoms. The Kier molecular flexibility index (Phi) is 4.25. The van der Waals surface area contributed by atoms with Crippen LogP contribution in [0.3, 0.4) is 0 Å². The van der Waals surface area contributed by atoms with Crippen LogP contribution in [0.15, 0.2) is 12.4 Å². The molecule has 0 bridgehead atoms. The van der Waals surface area contributed by atoms with E-state index in [9.17, 15) is 9.59 Å². The van der Waals surface area contributed by atoms with Gasteiger partial charge in [-0.15, -0.1) is 0 Å². The highest BCUT2D eigenvalue weighted by Gasteiger charge is 2.20. The van der Waals surface area contributed by atoms with E-state index in [-0.39, 0.29) is 18.2 Å². The lowest BCUT2D eigenvalue weighted by Gasteiger charge is -2.17. The molecule has 0 spiro atoms. The molecule has 94 valence electrons. The number of carbonyl (C=O) groups excluding carboxylic acids is 2. The number of anilines is 1. The molecule has 0 aliphatic rings. The van der Waals surface area contributed by atoms with E-state index < -0.39 is 5.41 Å². The molecule has 0 radical (unpaired) electrons. The number of hydrogen-bond acceptors (Lipinski definition) is 3. The van der Waals surface area contributed by atoms with Gasteiger partial charge in [-0.2, -0.15) is 5.10 Å². The smallest absolute Gasteiger partial charge is 0.226 e. The molecule has 3 N–H and O–H groups in total. The van der Waals surface area contributed by atoms with Crippen molar-refractivity contribution in [3.63, 3.8) is 0 Å². The fourth-order valence-corrected chi connectivity index (χ4v) is 1.10. The van der Waals surface area contributed by atoms with Crippen LogP contribution in [0.25, 0.3) is 0 Å². The summed E-state index contributed by atoms with van der Waals surface area (Å²) in [7, 11) is 0. The van der Waals surface area contributed by atoms with E-state index >= 15 is 0 Å². The fourth-order valence-electron chi connectivity index (χ4n) is 1.10. The zero-order chi connectivity index (χ0) is 12.9. The molecule has 1 heterocycles. The Hall–Kier alpha value is -1.85. The van der Waals surface area contributed by atoms with Crippen molar-refractivity contribution in [3.05, 3.63) is 12.4 Å². The maximum Gasteiger partial charge on any atom is 0.226 e. The average molecular weight is 238 g/mol. The summed E-state index contributed by atoms with van der Waals surface area (Å²) in [5, 5.41) is 11.7. The third-order valence-electron chi connectivity index (χ3n) is 2.10. The summed E-state index contributed by atoms with van der Waals surface area (Å²) in [5.74, 6) is -0.214. The molecular weight excluding hydrogens is 220 g/mol. The molecule has 2 amide bonds. The Balaban J connectivity index is 2.23. The maximum absolute atomic E-state index is 11.5. The molecule has 0 aliphatic carbocycles. The van der Waals surface area contributed by atoms with Gasteiger partial charge in [-0.3, -0.25) is 14.7 Å². The predicted octanol–water partition coefficient (Wildman–Crippen LogP) is 0.901. The zero-order valence-corrected chi connectivity index (χ0v) is 10.3. The lowest BCUT2D eigenvalue weighted by Crippen LogP contribution is -2.36. The Labute approximate surface area is 100 Å². The number of carbonyl (C=O) groups is 2. The van der Waals surface area contributed by atoms with Crippen molar-refractivity contribution < 1.29 is 9.59 Å². The summed E-state index contributed by atoms with van der Waals surface area (Å²) < 4.78 is 0. The van der Waals surface area contributed by atoms with Gasteiger partial charge >= 0.3 is 0 Å². The van der Waals surface area contributed by atoms with Gasteiger partial charge in [0.1, 0.15) is 0 Å². The van der Waals surface area contributed by atoms with Crippen LogP contribution in [0.5, 0.6) is 0 Å². The van der Waals surface area contributed by atoms with Crippen molar-refractivity contribution in [2.75, 3.05) is 11.9 Å². The minimum Gasteiger partial charge on any atom is -0.355 e. The van der Waals surface area contributed by atoms with Gasteiger partial charge in [0.05, 0.1) is 11.9 Å². The van der Waals surface area contributed by atoms with E-state index in [1.54, 1.807) is 6.20 Å². The summed E-state index contributed by atoms with van der Waals surface area (Å²) in [6.45, 7) is 5.81. The van der Waals surface area contributed by atoms with Crippen molar-refractivity contribution >= 4 is 17.5 Å². The van der Waals surface area contributed by atoms with Crippen LogP contribution < -0.4 is 10.6 Å². The first-order chi connectivity index (χ1) is 7.89. The zero-order valence-electron chi connectivity index (χ0n) is 10.3. The minimum atomic E-state index is -0.430. The highest BCUT2D eigenvalue weighted by Crippen LogP contribution is 2.12. The minimum absolute atomic E-state index is 0.0615. The first-order valence-electron chi connectivity index (χ1n) is 5.46. The topological polar surface area (TPSA) is 86.9 Å². The number of rotatable bonds is 4. The number of aromatic amines is 1. The predicted molar refractivity (Wildman–Crippen MR) is 64.3 cm³/mol. The van der Waals surface area contributed by atoms with E-state index in [0.29, 0.717) is 12.2 Å². The van der Waals surface area contributed by atoms with Crippen molar-refractivity contribution in [2.24, 2.45) is 5.41 Å². The summed E-state index contributed by atoms with van der Waals surface area (Å²) in [6.07, 6.45) is 3.35. The Bertz CT molecular complexity index is 379. The van der Waals surface area contributed by atoms with Crippen molar-refractivity contribution in [3.8, 4) is 0 Å². The van der Waals surface area contributed by atoms with Crippen LogP contribution >= 0.6 is 0 Å². The second kappa shape index (κ2) is 5.47. The summed E-state index contributed by atoms with van der Waals surface area (Å²) in [4.78, 5) is 22.9. The third-order valence-corrected chi connectivity index (χ3v) is 2.10. The van der Waals surface area contributed by atoms with Gasteiger partial charge in [0.2, 0.25) is 11.8 Å². The van der Waals surface area contributed by atoms with Crippen molar-refractivity contribution in [2.45, 2.75) is 27.2 Å². The quantitative estimate of drug-likeness (QED) is 0.728. The first kappa shape index (κ1) is 13.2. The van der Waals surface area contributed by atoms with Crippen LogP contribution in [0, 0.1) is 5.41 Å². The molecule has 1 aromatic rings. The SMILES string of the molecule is CC(C)(C)C(=O)NCCC(=O)Nc1cn[nH]c1. The van der Waals surface area contributed by atoms with Gasteiger partial charge in [0.25, 0.3) is 0 Å². The molecule has 0 atom stereocenters. The Morgan fingerprint density at radius 3 is 2.65 bits per heavy atom. The van der Waals surface area contributed by atoms with E-state index in [1.165, 1.54) is 6.20 Å². The third kappa shape index (κ3) is 4.67. The van der Waals surface area contributed by atoms with Gasteiger partial charge in [-0.1, -0.05) is 20.8 Å². The molecule has 0 unspecified atom stereocenters. The van der Waals surface area contributed by atoms with Gasteiger partial charge in [0, 0.05) is 24.6 Å². The highest BCUT2D eigenvalue weighted by atomic mass is 16.2. The van der Waals surface area contributed by atoms with E-state index in [4.69, 9.17) is 0 Å². The Morgan fingerprint density at radius 1 is 1.41 bits per heavy atom. The summed E-state index contributed by atoms with van der Waals surface area (Å²) >= 11 is 0. The van der Waals surface area contributed by atoms with Crippen LogP contribution in [0.4, 0.5) is 5.69 Å². The van der Waals surface area contributed by atoms with Gasteiger partial charge in [-0.05, 0) is 0 Å². The molecule has 0 aromatic carbocycles. The summed E-state index contributed by atoms with van der Waals surface area (Å²) in [6, 6.07) is 0. The van der Waals surface area contributed by atoms with Crippen molar-refractivity contribution in [1.82, 2.24) is 15.5 Å². The Morgan fingerprint density at radius 2 is 2.12 bits per heavy atom. The summed E-state index contributed by atoms with van der Waals surface area (Å²) in [5.41, 5.74) is 0.193. The lowest BCUT2D eigenvalue weighted by atomic mass is 9.96. The standard InChI is InChI=1S/C11H18N4O2/c1-11(2,3)10(17)12-5-4-9(16)15-8-6-13-14-7-8/h6-7H,4-5H2,1-3H3,(H,12,17)(H,13,14)(H,15,16). The molecule has 6 nitrogen and oxygen atoms in total. The molecule has 0 fully saturated rings. The number of nitrogens with zero attached hydrogens (tertiary/aromatic N) is 1. The molecule has 0 saturated carbocycles. The van der Waals surface area contributed by atoms with Gasteiger partial charge in [-0.25, -0.2) is 0 Å². The number of aromatic nitrogens is 2. The van der Waals surface area contributed by atoms with Crippen LogP contribution in [0.2, 0.25) is 0 Å². The average Bonchev–Trinajstić information content (AvgIpc) is 2.68. The second-order valence-corrected chi connectivity index (χ2v) is 4.79. The number of hydrogen-bond donors (Lipinski definition) is 3. The highest BCUT2D eigenvalue weighted by molar-refractivity contribution is 5.91. The largest absolute Gasteiger partial charge is 0.355 e. The number of nitrogens with one attached hydrogen (secondary N) is 3. The van der Waals surface area contributed by atoms with Crippen LogP contribution in [0.1, 0.15) is 27.2 Å². The fraction of sp³-hybridized carbons (Fsp3) is 0.545. The second-order valence-electron chi connectivity index (χ2n) is 4.79. The monoisotopic (exact) mass is 238 g/mol. The molecule has 0 aliphatic heterocycles. The van der Waals surface area contributed by atoms with Gasteiger partial charge in [0.15, 0.2) is 0 Å². The van der Waals surface area contributed by atoms with Gasteiger partial charge < -0.3 is 10.6 Å². The van der Waals surface area contributed by atoms with Crippen LogP contribution in [-0.2, 0) is 9.59 Å². The first-order valence-corrected chi connectivity index (χ1v) is 5.46. The molecule has 1 rings (SSSR count). The maximum atomic E-state index is 11.5. The number of amides is 2. The number of H-pyrrole nitrogens is 1. The molecule has 1 aromatic heterocycles. The van der Waals surface area contributed by atoms with E-state index in [2.05, 4.69) is 20.8 Å². The van der Waals surface area contributed by atoms with E-state index in [1.807, 2.05) is 20.8 Å². The van der Waals surface area contributed by atoms with Crippen LogP contribution in [-0.4, -0.2) is 28.6 Å². The normalized spacial score (nSPS) is 11.0.